The maximum atomic E-state index is 11.8. The van der Waals surface area contributed by atoms with Gasteiger partial charge in [0.1, 0.15) is 0 Å². The highest BCUT2D eigenvalue weighted by atomic mass is 35.5. The lowest BCUT2D eigenvalue weighted by atomic mass is 10.3. The molecule has 20 heavy (non-hydrogen) atoms. The van der Waals surface area contributed by atoms with Gasteiger partial charge in [-0.1, -0.05) is 41.4 Å². The molecule has 0 bridgehead atoms. The third-order valence-corrected chi connectivity index (χ3v) is 3.21. The standard InChI is InChI=1S/C15H14Cl2N2O/c16-11-4-3-5-12(10-11)19-15(20)8-9-18-14-7-2-1-6-13(14)17/h1-7,10,18H,8-9H2,(H,19,20). The molecule has 0 saturated carbocycles. The highest BCUT2D eigenvalue weighted by Crippen LogP contribution is 2.20. The first-order valence-corrected chi connectivity index (χ1v) is 6.94. The highest BCUT2D eigenvalue weighted by Gasteiger charge is 2.03. The first-order valence-electron chi connectivity index (χ1n) is 6.19. The van der Waals surface area contributed by atoms with Crippen LogP contribution in [-0.2, 0) is 4.79 Å². The van der Waals surface area contributed by atoms with Crippen molar-refractivity contribution in [3.8, 4) is 0 Å². The van der Waals surface area contributed by atoms with Crippen LogP contribution in [-0.4, -0.2) is 12.5 Å². The van der Waals surface area contributed by atoms with E-state index in [4.69, 9.17) is 23.2 Å². The largest absolute Gasteiger partial charge is 0.383 e. The van der Waals surface area contributed by atoms with E-state index in [2.05, 4.69) is 10.6 Å². The van der Waals surface area contributed by atoms with Gasteiger partial charge < -0.3 is 10.6 Å². The quantitative estimate of drug-likeness (QED) is 0.857. The minimum atomic E-state index is -0.0770. The molecule has 0 aliphatic rings. The molecule has 0 heterocycles. The summed E-state index contributed by atoms with van der Waals surface area (Å²) in [6.45, 7) is 0.510. The fraction of sp³-hybridized carbons (Fsp3) is 0.133. The SMILES string of the molecule is O=C(CCNc1ccccc1Cl)Nc1cccc(Cl)c1. The number of halogens is 2. The van der Waals surface area contributed by atoms with Crippen molar-refractivity contribution < 1.29 is 4.79 Å². The van der Waals surface area contributed by atoms with Gasteiger partial charge in [0.2, 0.25) is 5.91 Å². The number of rotatable bonds is 5. The lowest BCUT2D eigenvalue weighted by molar-refractivity contribution is -0.115. The third kappa shape index (κ3) is 4.44. The fourth-order valence-electron chi connectivity index (χ4n) is 1.70. The Hall–Kier alpha value is -1.71. The van der Waals surface area contributed by atoms with Gasteiger partial charge in [-0.25, -0.2) is 0 Å². The molecule has 2 rings (SSSR count). The molecule has 0 aromatic heterocycles. The van der Waals surface area contributed by atoms with Crippen LogP contribution >= 0.6 is 23.2 Å². The van der Waals surface area contributed by atoms with E-state index in [-0.39, 0.29) is 5.91 Å². The Kier molecular flexibility index (Phi) is 5.27. The van der Waals surface area contributed by atoms with Crippen LogP contribution in [0.2, 0.25) is 10.0 Å². The molecular formula is C15H14Cl2N2O. The zero-order valence-electron chi connectivity index (χ0n) is 10.7. The van der Waals surface area contributed by atoms with Gasteiger partial charge in [0.25, 0.3) is 0 Å². The molecule has 0 unspecified atom stereocenters. The summed E-state index contributed by atoms with van der Waals surface area (Å²) in [5, 5.41) is 7.15. The van der Waals surface area contributed by atoms with Crippen LogP contribution in [0, 0.1) is 0 Å². The molecule has 5 heteroatoms. The predicted molar refractivity (Wildman–Crippen MR) is 84.6 cm³/mol. The molecule has 0 aliphatic carbocycles. The fourth-order valence-corrected chi connectivity index (χ4v) is 2.10. The van der Waals surface area contributed by atoms with Crippen molar-refractivity contribution >= 4 is 40.5 Å². The van der Waals surface area contributed by atoms with Crippen LogP contribution in [0.5, 0.6) is 0 Å². The second kappa shape index (κ2) is 7.17. The molecule has 0 saturated heterocycles. The van der Waals surface area contributed by atoms with Crippen LogP contribution in [0.1, 0.15) is 6.42 Å². The van der Waals surface area contributed by atoms with E-state index in [1.807, 2.05) is 18.2 Å². The third-order valence-electron chi connectivity index (χ3n) is 2.65. The van der Waals surface area contributed by atoms with Gasteiger partial charge >= 0.3 is 0 Å². The smallest absolute Gasteiger partial charge is 0.226 e. The Morgan fingerprint density at radius 3 is 2.60 bits per heavy atom. The summed E-state index contributed by atoms with van der Waals surface area (Å²) in [5.41, 5.74) is 1.52. The second-order valence-electron chi connectivity index (χ2n) is 4.22. The predicted octanol–water partition coefficient (Wildman–Crippen LogP) is 4.43. The number of benzene rings is 2. The number of hydrogen-bond donors (Lipinski definition) is 2. The number of carbonyl (C=O) groups excluding carboxylic acids is 1. The maximum Gasteiger partial charge on any atom is 0.226 e. The van der Waals surface area contributed by atoms with Crippen molar-refractivity contribution in [1.82, 2.24) is 0 Å². The van der Waals surface area contributed by atoms with Crippen molar-refractivity contribution in [3.05, 3.63) is 58.6 Å². The molecule has 104 valence electrons. The molecule has 0 radical (unpaired) electrons. The summed E-state index contributed by atoms with van der Waals surface area (Å²) in [7, 11) is 0. The Morgan fingerprint density at radius 1 is 1.05 bits per heavy atom. The lowest BCUT2D eigenvalue weighted by Gasteiger charge is -2.08. The summed E-state index contributed by atoms with van der Waals surface area (Å²) in [6.07, 6.45) is 0.345. The van der Waals surface area contributed by atoms with Gasteiger partial charge in [0.05, 0.1) is 10.7 Å². The van der Waals surface area contributed by atoms with Gasteiger partial charge in [-0.15, -0.1) is 0 Å². The Labute approximate surface area is 127 Å². The molecular weight excluding hydrogens is 295 g/mol. The Morgan fingerprint density at radius 2 is 1.85 bits per heavy atom. The zero-order chi connectivity index (χ0) is 14.4. The normalized spacial score (nSPS) is 10.1. The van der Waals surface area contributed by atoms with E-state index in [1.54, 1.807) is 30.3 Å². The Bertz CT molecular complexity index is 602. The Balaban J connectivity index is 1.80. The topological polar surface area (TPSA) is 41.1 Å². The molecule has 0 aliphatic heterocycles. The summed E-state index contributed by atoms with van der Waals surface area (Å²) in [6, 6.07) is 14.5. The monoisotopic (exact) mass is 308 g/mol. The number of nitrogens with one attached hydrogen (secondary N) is 2. The number of para-hydroxylation sites is 1. The molecule has 2 N–H and O–H groups in total. The molecule has 1 amide bonds. The second-order valence-corrected chi connectivity index (χ2v) is 5.06. The van der Waals surface area contributed by atoms with Gasteiger partial charge in [-0.05, 0) is 30.3 Å². The molecule has 2 aromatic rings. The number of amides is 1. The summed E-state index contributed by atoms with van der Waals surface area (Å²) in [5.74, 6) is -0.0770. The van der Waals surface area contributed by atoms with E-state index in [1.165, 1.54) is 0 Å². The average Bonchev–Trinajstić information content (AvgIpc) is 2.41. The minimum Gasteiger partial charge on any atom is -0.383 e. The molecule has 2 aromatic carbocycles. The van der Waals surface area contributed by atoms with Gasteiger partial charge in [-0.2, -0.15) is 0 Å². The van der Waals surface area contributed by atoms with Crippen LogP contribution in [0.3, 0.4) is 0 Å². The van der Waals surface area contributed by atoms with Gasteiger partial charge in [0.15, 0.2) is 0 Å². The minimum absolute atomic E-state index is 0.0770. The number of anilines is 2. The van der Waals surface area contributed by atoms with Gasteiger partial charge in [-0.3, -0.25) is 4.79 Å². The molecule has 3 nitrogen and oxygen atoms in total. The van der Waals surface area contributed by atoms with Crippen LogP contribution in [0.15, 0.2) is 48.5 Å². The van der Waals surface area contributed by atoms with E-state index in [9.17, 15) is 4.79 Å². The van der Waals surface area contributed by atoms with E-state index < -0.39 is 0 Å². The van der Waals surface area contributed by atoms with Crippen molar-refractivity contribution in [2.24, 2.45) is 0 Å². The maximum absolute atomic E-state index is 11.8. The first kappa shape index (κ1) is 14.7. The summed E-state index contributed by atoms with van der Waals surface area (Å²) in [4.78, 5) is 11.8. The lowest BCUT2D eigenvalue weighted by Crippen LogP contribution is -2.16. The van der Waals surface area contributed by atoms with Crippen molar-refractivity contribution in [1.29, 1.82) is 0 Å². The number of hydrogen-bond acceptors (Lipinski definition) is 2. The molecule has 0 fully saturated rings. The van der Waals surface area contributed by atoms with E-state index in [0.717, 1.165) is 5.69 Å². The molecule has 0 spiro atoms. The number of carbonyl (C=O) groups is 1. The molecule has 0 atom stereocenters. The van der Waals surface area contributed by atoms with Crippen LogP contribution in [0.25, 0.3) is 0 Å². The van der Waals surface area contributed by atoms with E-state index >= 15 is 0 Å². The van der Waals surface area contributed by atoms with Crippen molar-refractivity contribution in [2.45, 2.75) is 6.42 Å². The van der Waals surface area contributed by atoms with Crippen LogP contribution < -0.4 is 10.6 Å². The van der Waals surface area contributed by atoms with Crippen LogP contribution in [0.4, 0.5) is 11.4 Å². The van der Waals surface area contributed by atoms with Crippen molar-refractivity contribution in [2.75, 3.05) is 17.2 Å². The summed E-state index contributed by atoms with van der Waals surface area (Å²) < 4.78 is 0. The first-order chi connectivity index (χ1) is 9.65. The van der Waals surface area contributed by atoms with Gasteiger partial charge in [0, 0.05) is 23.7 Å². The zero-order valence-corrected chi connectivity index (χ0v) is 12.2. The average molecular weight is 309 g/mol. The highest BCUT2D eigenvalue weighted by molar-refractivity contribution is 6.33. The van der Waals surface area contributed by atoms with Crippen molar-refractivity contribution in [3.63, 3.8) is 0 Å². The van der Waals surface area contributed by atoms with E-state index in [0.29, 0.717) is 28.7 Å². The summed E-state index contributed by atoms with van der Waals surface area (Å²) >= 11 is 11.9.